The predicted octanol–water partition coefficient (Wildman–Crippen LogP) is -2.66. The lowest BCUT2D eigenvalue weighted by molar-refractivity contribution is -0.143. The number of guanidine groups is 1. The highest BCUT2D eigenvalue weighted by molar-refractivity contribution is 7.80. The highest BCUT2D eigenvalue weighted by Gasteiger charge is 2.33. The molecule has 0 fully saturated rings. The Hall–Kier alpha value is -5.19. The number of hydrogen-bond donors (Lipinski definition) is 13. The van der Waals surface area contributed by atoms with E-state index in [9.17, 15) is 48.3 Å². The van der Waals surface area contributed by atoms with Gasteiger partial charge in [-0.05, 0) is 49.9 Å². The maximum Gasteiger partial charge on any atom is 0.326 e. The smallest absolute Gasteiger partial charge is 0.326 e. The topological polar surface area (TPSA) is 361 Å². The zero-order valence-electron chi connectivity index (χ0n) is 37.5. The van der Waals surface area contributed by atoms with Gasteiger partial charge in [-0.25, -0.2) is 4.79 Å². The van der Waals surface area contributed by atoms with E-state index in [2.05, 4.69) is 60.2 Å². The number of rotatable bonds is 29. The third-order valence-corrected chi connectivity index (χ3v) is 10.3. The summed E-state index contributed by atoms with van der Waals surface area (Å²) in [5, 5.41) is 29.5. The van der Waals surface area contributed by atoms with E-state index in [1.807, 2.05) is 13.8 Å². The zero-order chi connectivity index (χ0) is 47.9. The fourth-order valence-electron chi connectivity index (χ4n) is 5.68. The van der Waals surface area contributed by atoms with Crippen LogP contribution in [0.5, 0.6) is 0 Å². The van der Waals surface area contributed by atoms with Crippen molar-refractivity contribution in [2.24, 2.45) is 45.9 Å². The molecule has 62 heavy (non-hydrogen) atoms. The second kappa shape index (κ2) is 29.2. The first-order chi connectivity index (χ1) is 28.9. The lowest BCUT2D eigenvalue weighted by atomic mass is 9.96. The van der Waals surface area contributed by atoms with Gasteiger partial charge in [0.2, 0.25) is 47.3 Å². The van der Waals surface area contributed by atoms with Gasteiger partial charge >= 0.3 is 5.97 Å². The molecular formula is C39H72N12O10S. The number of carbonyl (C=O) groups excluding carboxylic acids is 8. The number of aliphatic carboxylic acids is 1. The van der Waals surface area contributed by atoms with Crippen LogP contribution in [0.3, 0.4) is 0 Å². The summed E-state index contributed by atoms with van der Waals surface area (Å²) >= 11 is 4.15. The molecule has 0 aromatic rings. The Morgan fingerprint density at radius 3 is 1.61 bits per heavy atom. The summed E-state index contributed by atoms with van der Waals surface area (Å²) < 4.78 is 0. The Kier molecular flexibility index (Phi) is 26.7. The van der Waals surface area contributed by atoms with Gasteiger partial charge in [-0.2, -0.15) is 12.6 Å². The Balaban J connectivity index is 5.44. The van der Waals surface area contributed by atoms with E-state index in [0.717, 1.165) is 0 Å². The summed E-state index contributed by atoms with van der Waals surface area (Å²) in [7, 11) is 0. The molecule has 0 spiro atoms. The number of hydrogen-bond acceptors (Lipinski definition) is 12. The molecule has 0 unspecified atom stereocenters. The fourth-order valence-corrected chi connectivity index (χ4v) is 5.94. The third kappa shape index (κ3) is 21.6. The number of aliphatic imine (C=N–C) groups is 1. The second-order valence-corrected chi connectivity index (χ2v) is 16.5. The van der Waals surface area contributed by atoms with Crippen molar-refractivity contribution in [2.45, 2.75) is 137 Å². The van der Waals surface area contributed by atoms with E-state index >= 15 is 0 Å². The lowest BCUT2D eigenvalue weighted by Gasteiger charge is -2.28. The van der Waals surface area contributed by atoms with Crippen molar-refractivity contribution < 1.29 is 48.3 Å². The van der Waals surface area contributed by atoms with Crippen LogP contribution in [0.25, 0.3) is 0 Å². The largest absolute Gasteiger partial charge is 0.480 e. The van der Waals surface area contributed by atoms with Crippen molar-refractivity contribution in [3.63, 3.8) is 0 Å². The van der Waals surface area contributed by atoms with E-state index < -0.39 is 120 Å². The molecular weight excluding hydrogens is 829 g/mol. The summed E-state index contributed by atoms with van der Waals surface area (Å²) in [6.45, 7) is 14.5. The maximum absolute atomic E-state index is 13.5. The molecule has 0 aromatic carbocycles. The third-order valence-electron chi connectivity index (χ3n) is 9.91. The molecule has 0 heterocycles. The van der Waals surface area contributed by atoms with E-state index in [-0.39, 0.29) is 42.9 Å². The van der Waals surface area contributed by atoms with Crippen LogP contribution in [-0.4, -0.2) is 132 Å². The average Bonchev–Trinajstić information content (AvgIpc) is 3.20. The molecule has 0 radical (unpaired) electrons. The quantitative estimate of drug-likeness (QED) is 0.0158. The van der Waals surface area contributed by atoms with Crippen molar-refractivity contribution >= 4 is 71.8 Å². The molecule has 0 saturated carbocycles. The number of carboxylic acids is 1. The minimum atomic E-state index is -1.24. The van der Waals surface area contributed by atoms with Crippen molar-refractivity contribution in [1.29, 1.82) is 0 Å². The average molecular weight is 901 g/mol. The number of amides is 8. The zero-order valence-corrected chi connectivity index (χ0v) is 38.4. The Morgan fingerprint density at radius 1 is 0.613 bits per heavy atom. The van der Waals surface area contributed by atoms with E-state index in [4.69, 9.17) is 17.2 Å². The van der Waals surface area contributed by atoms with Gasteiger partial charge in [0.05, 0.1) is 19.1 Å². The van der Waals surface area contributed by atoms with E-state index in [0.29, 0.717) is 19.3 Å². The standard InChI is InChI=1S/C39H72N12O10S/c1-10-21(7)30(36(58)45-17-28(53)50-31(38(60)61)22(8)11-2)51-37(59)29(20(5)6)49-27(52)16-44-34(56)26(18-62)48-32(54)23(9)46-35(57)25(15-19(3)4)47-33(55)24(40)13-12-14-43-39(41)42/h19-26,29-31,62H,10-18,40H2,1-9H3,(H,44,56)(H,45,58)(H,46,57)(H,47,55)(H,48,54)(H,49,52)(H,50,53)(H,51,59)(H,60,61)(H4,41,42,43)/t21-,22-,23-,24-,25-,26-,29-,30-,31-/m0/s1. The van der Waals surface area contributed by atoms with Gasteiger partial charge in [0.15, 0.2) is 5.96 Å². The van der Waals surface area contributed by atoms with Crippen LogP contribution in [0.4, 0.5) is 0 Å². The molecule has 23 heteroatoms. The maximum atomic E-state index is 13.5. The SMILES string of the molecule is CC[C@H](C)[C@H](NC(=O)CNC(=O)[C@@H](NC(=O)[C@@H](NC(=O)CNC(=O)[C@H](CS)NC(=O)[C@H](C)NC(=O)[C@H](CC(C)C)NC(=O)[C@@H](N)CCCN=C(N)N)C(C)C)[C@@H](C)CC)C(=O)O. The van der Waals surface area contributed by atoms with Crippen LogP contribution >= 0.6 is 12.6 Å². The van der Waals surface area contributed by atoms with Gasteiger partial charge in [-0.15, -0.1) is 0 Å². The highest BCUT2D eigenvalue weighted by atomic mass is 32.1. The molecule has 9 atom stereocenters. The summed E-state index contributed by atoms with van der Waals surface area (Å²) in [6, 6.07) is -7.80. The van der Waals surface area contributed by atoms with Crippen molar-refractivity contribution in [3.8, 4) is 0 Å². The molecule has 0 bridgehead atoms. The Labute approximate surface area is 369 Å². The molecule has 0 aliphatic carbocycles. The van der Waals surface area contributed by atoms with Gasteiger partial charge in [-0.1, -0.05) is 68.2 Å². The van der Waals surface area contributed by atoms with Crippen LogP contribution < -0.4 is 59.7 Å². The molecule has 15 N–H and O–H groups in total. The lowest BCUT2D eigenvalue weighted by Crippen LogP contribution is -2.59. The normalized spacial score (nSPS) is 15.4. The summed E-state index contributed by atoms with van der Waals surface area (Å²) in [5.74, 6) is -8.42. The summed E-state index contributed by atoms with van der Waals surface area (Å²) in [5.41, 5.74) is 16.6. The number of nitrogens with one attached hydrogen (secondary N) is 8. The van der Waals surface area contributed by atoms with Crippen LogP contribution in [0.15, 0.2) is 4.99 Å². The minimum absolute atomic E-state index is 0.0238. The number of carbonyl (C=O) groups is 9. The monoisotopic (exact) mass is 901 g/mol. The molecule has 8 amide bonds. The molecule has 0 aliphatic rings. The highest BCUT2D eigenvalue weighted by Crippen LogP contribution is 2.12. The molecule has 354 valence electrons. The molecule has 0 rings (SSSR count). The predicted molar refractivity (Wildman–Crippen MR) is 236 cm³/mol. The van der Waals surface area contributed by atoms with Gasteiger partial charge in [0.1, 0.15) is 36.3 Å². The summed E-state index contributed by atoms with van der Waals surface area (Å²) in [4.78, 5) is 120. The van der Waals surface area contributed by atoms with Crippen LogP contribution in [0, 0.1) is 23.7 Å². The number of nitrogens with zero attached hydrogens (tertiary/aromatic N) is 1. The molecule has 0 aliphatic heterocycles. The fraction of sp³-hybridized carbons (Fsp3) is 0.744. The van der Waals surface area contributed by atoms with E-state index in [1.165, 1.54) is 6.92 Å². The second-order valence-electron chi connectivity index (χ2n) is 16.1. The van der Waals surface area contributed by atoms with Crippen LogP contribution in [0.1, 0.15) is 94.4 Å². The van der Waals surface area contributed by atoms with Crippen molar-refractivity contribution in [1.82, 2.24) is 42.5 Å². The van der Waals surface area contributed by atoms with Crippen molar-refractivity contribution in [2.75, 3.05) is 25.4 Å². The van der Waals surface area contributed by atoms with Gasteiger partial charge in [-0.3, -0.25) is 43.3 Å². The molecule has 0 aromatic heterocycles. The number of nitrogens with two attached hydrogens (primary N) is 3. The van der Waals surface area contributed by atoms with E-state index in [1.54, 1.807) is 41.5 Å². The molecule has 0 saturated heterocycles. The number of carboxylic acid groups (broad SMARTS) is 1. The minimum Gasteiger partial charge on any atom is -0.480 e. The Bertz CT molecular complexity index is 1560. The van der Waals surface area contributed by atoms with Crippen molar-refractivity contribution in [3.05, 3.63) is 0 Å². The van der Waals surface area contributed by atoms with Gasteiger partial charge in [0, 0.05) is 12.3 Å². The van der Waals surface area contributed by atoms with Gasteiger partial charge in [0.25, 0.3) is 0 Å². The summed E-state index contributed by atoms with van der Waals surface area (Å²) in [6.07, 6.45) is 1.86. The van der Waals surface area contributed by atoms with Crippen LogP contribution in [-0.2, 0) is 43.2 Å². The first-order valence-corrected chi connectivity index (χ1v) is 21.5. The molecule has 22 nitrogen and oxygen atoms in total. The van der Waals surface area contributed by atoms with Gasteiger partial charge < -0.3 is 64.8 Å². The number of thiol groups is 1. The first-order valence-electron chi connectivity index (χ1n) is 20.9. The Morgan fingerprint density at radius 2 is 1.13 bits per heavy atom. The first kappa shape index (κ1) is 56.8. The van der Waals surface area contributed by atoms with Crippen LogP contribution in [0.2, 0.25) is 0 Å².